The van der Waals surface area contributed by atoms with Crippen molar-refractivity contribution in [2.45, 2.75) is 26.6 Å². The van der Waals surface area contributed by atoms with Crippen LogP contribution in [0.5, 0.6) is 11.5 Å². The van der Waals surface area contributed by atoms with Gasteiger partial charge in [0.25, 0.3) is 0 Å². The Hall–Kier alpha value is -3.47. The van der Waals surface area contributed by atoms with Gasteiger partial charge >= 0.3 is 0 Å². The van der Waals surface area contributed by atoms with Crippen LogP contribution in [0.3, 0.4) is 0 Å². The van der Waals surface area contributed by atoms with Gasteiger partial charge in [-0.3, -0.25) is 4.79 Å². The largest absolute Gasteiger partial charge is 0.489 e. The van der Waals surface area contributed by atoms with E-state index in [0.29, 0.717) is 18.0 Å². The third-order valence-corrected chi connectivity index (χ3v) is 4.09. The van der Waals surface area contributed by atoms with Crippen molar-refractivity contribution < 1.29 is 14.3 Å². The summed E-state index contributed by atoms with van der Waals surface area (Å²) in [4.78, 5) is 12.5. The molecular formula is C24H26N2O3. The number of ether oxygens (including phenoxy) is 2. The molecule has 0 saturated carbocycles. The number of para-hydroxylation sites is 4. The lowest BCUT2D eigenvalue weighted by molar-refractivity contribution is -0.114. The molecule has 0 aromatic heterocycles. The van der Waals surface area contributed by atoms with Gasteiger partial charge in [0.2, 0.25) is 5.91 Å². The molecule has 0 fully saturated rings. The molecule has 0 unspecified atom stereocenters. The summed E-state index contributed by atoms with van der Waals surface area (Å²) in [7, 11) is 0. The number of amides is 1. The first-order valence-electron chi connectivity index (χ1n) is 9.67. The number of nitrogens with one attached hydrogen (secondary N) is 2. The van der Waals surface area contributed by atoms with E-state index in [2.05, 4.69) is 10.6 Å². The van der Waals surface area contributed by atoms with Gasteiger partial charge in [0.15, 0.2) is 0 Å². The second-order valence-corrected chi connectivity index (χ2v) is 6.83. The Kier molecular flexibility index (Phi) is 7.11. The van der Waals surface area contributed by atoms with Crippen molar-refractivity contribution in [2.75, 3.05) is 17.2 Å². The zero-order chi connectivity index (χ0) is 20.5. The molecule has 0 atom stereocenters. The first-order chi connectivity index (χ1) is 14.1. The highest BCUT2D eigenvalue weighted by atomic mass is 16.5. The molecule has 0 aliphatic rings. The SMILES string of the molecule is CC(C)Oc1ccccc1NCC(=O)Nc1ccccc1OCc1ccccc1. The molecule has 0 spiro atoms. The van der Waals surface area contributed by atoms with Crippen LogP contribution in [0.2, 0.25) is 0 Å². The topological polar surface area (TPSA) is 59.6 Å². The number of carbonyl (C=O) groups excluding carboxylic acids is 1. The third kappa shape index (κ3) is 6.28. The van der Waals surface area contributed by atoms with Crippen molar-refractivity contribution in [1.29, 1.82) is 0 Å². The summed E-state index contributed by atoms with van der Waals surface area (Å²) in [5.41, 5.74) is 2.49. The smallest absolute Gasteiger partial charge is 0.243 e. The van der Waals surface area contributed by atoms with Crippen molar-refractivity contribution in [3.63, 3.8) is 0 Å². The summed E-state index contributed by atoms with van der Waals surface area (Å²) in [5.74, 6) is 1.19. The Morgan fingerprint density at radius 2 is 1.45 bits per heavy atom. The van der Waals surface area contributed by atoms with E-state index in [0.717, 1.165) is 17.0 Å². The summed E-state index contributed by atoms with van der Waals surface area (Å²) < 4.78 is 11.7. The van der Waals surface area contributed by atoms with Crippen LogP contribution >= 0.6 is 0 Å². The Morgan fingerprint density at radius 1 is 0.828 bits per heavy atom. The summed E-state index contributed by atoms with van der Waals surface area (Å²) in [6.45, 7) is 4.49. The highest BCUT2D eigenvalue weighted by molar-refractivity contribution is 5.95. The maximum Gasteiger partial charge on any atom is 0.243 e. The number of rotatable bonds is 9. The molecule has 5 nitrogen and oxygen atoms in total. The summed E-state index contributed by atoms with van der Waals surface area (Å²) in [5, 5.41) is 6.05. The molecule has 0 aliphatic carbocycles. The second kappa shape index (κ2) is 10.2. The van der Waals surface area contributed by atoms with Crippen LogP contribution in [-0.2, 0) is 11.4 Å². The molecule has 0 saturated heterocycles. The van der Waals surface area contributed by atoms with Gasteiger partial charge in [-0.2, -0.15) is 0 Å². The van der Waals surface area contributed by atoms with Gasteiger partial charge in [-0.05, 0) is 43.7 Å². The Balaban J connectivity index is 1.59. The lowest BCUT2D eigenvalue weighted by Crippen LogP contribution is -2.22. The predicted octanol–water partition coefficient (Wildman–Crippen LogP) is 5.10. The number of hydrogen-bond donors (Lipinski definition) is 2. The molecule has 3 aromatic carbocycles. The maximum absolute atomic E-state index is 12.5. The van der Waals surface area contributed by atoms with Gasteiger partial charge in [-0.25, -0.2) is 0 Å². The van der Waals surface area contributed by atoms with E-state index >= 15 is 0 Å². The number of anilines is 2. The van der Waals surface area contributed by atoms with Crippen LogP contribution in [0, 0.1) is 0 Å². The molecule has 2 N–H and O–H groups in total. The van der Waals surface area contributed by atoms with Gasteiger partial charge < -0.3 is 20.1 Å². The Labute approximate surface area is 171 Å². The second-order valence-electron chi connectivity index (χ2n) is 6.83. The first kappa shape index (κ1) is 20.3. The zero-order valence-electron chi connectivity index (χ0n) is 16.7. The molecule has 0 aliphatic heterocycles. The molecule has 0 bridgehead atoms. The standard InChI is InChI=1S/C24H26N2O3/c1-18(2)29-23-15-9-6-12-20(23)25-16-24(27)26-21-13-7-8-14-22(21)28-17-19-10-4-3-5-11-19/h3-15,18,25H,16-17H2,1-2H3,(H,26,27). The van der Waals surface area contributed by atoms with Gasteiger partial charge in [0.1, 0.15) is 18.1 Å². The third-order valence-electron chi connectivity index (χ3n) is 4.09. The van der Waals surface area contributed by atoms with Crippen LogP contribution in [0.4, 0.5) is 11.4 Å². The van der Waals surface area contributed by atoms with Crippen LogP contribution in [0.1, 0.15) is 19.4 Å². The van der Waals surface area contributed by atoms with Gasteiger partial charge in [0.05, 0.1) is 24.0 Å². The van der Waals surface area contributed by atoms with Crippen LogP contribution in [-0.4, -0.2) is 18.6 Å². The quantitative estimate of drug-likeness (QED) is 0.533. The van der Waals surface area contributed by atoms with Crippen molar-refractivity contribution in [3.8, 4) is 11.5 Å². The van der Waals surface area contributed by atoms with Crippen molar-refractivity contribution in [3.05, 3.63) is 84.4 Å². The van der Waals surface area contributed by atoms with E-state index < -0.39 is 0 Å². The number of hydrogen-bond acceptors (Lipinski definition) is 4. The lowest BCUT2D eigenvalue weighted by Gasteiger charge is -2.16. The molecular weight excluding hydrogens is 364 g/mol. The van der Waals surface area contributed by atoms with E-state index in [-0.39, 0.29) is 18.6 Å². The highest BCUT2D eigenvalue weighted by Crippen LogP contribution is 2.26. The molecule has 3 aromatic rings. The average Bonchev–Trinajstić information content (AvgIpc) is 2.73. The van der Waals surface area contributed by atoms with E-state index in [1.807, 2.05) is 92.7 Å². The lowest BCUT2D eigenvalue weighted by atomic mass is 10.2. The van der Waals surface area contributed by atoms with Crippen LogP contribution in [0.15, 0.2) is 78.9 Å². The molecule has 0 heterocycles. The fourth-order valence-electron chi connectivity index (χ4n) is 2.77. The van der Waals surface area contributed by atoms with E-state index in [4.69, 9.17) is 9.47 Å². The highest BCUT2D eigenvalue weighted by Gasteiger charge is 2.10. The van der Waals surface area contributed by atoms with E-state index in [9.17, 15) is 4.79 Å². The Morgan fingerprint density at radius 3 is 2.17 bits per heavy atom. The molecule has 29 heavy (non-hydrogen) atoms. The van der Waals surface area contributed by atoms with E-state index in [1.165, 1.54) is 0 Å². The van der Waals surface area contributed by atoms with Gasteiger partial charge in [-0.1, -0.05) is 54.6 Å². The van der Waals surface area contributed by atoms with Crippen LogP contribution < -0.4 is 20.1 Å². The molecule has 0 radical (unpaired) electrons. The summed E-state index contributed by atoms with van der Waals surface area (Å²) in [6.07, 6.45) is 0.0559. The monoisotopic (exact) mass is 390 g/mol. The summed E-state index contributed by atoms with van der Waals surface area (Å²) >= 11 is 0. The fraction of sp³-hybridized carbons (Fsp3) is 0.208. The van der Waals surface area contributed by atoms with Crippen molar-refractivity contribution in [1.82, 2.24) is 0 Å². The van der Waals surface area contributed by atoms with Crippen molar-refractivity contribution in [2.24, 2.45) is 0 Å². The summed E-state index contributed by atoms with van der Waals surface area (Å²) in [6, 6.07) is 24.9. The number of benzene rings is 3. The first-order valence-corrected chi connectivity index (χ1v) is 9.67. The molecule has 5 heteroatoms. The fourth-order valence-corrected chi connectivity index (χ4v) is 2.77. The van der Waals surface area contributed by atoms with Gasteiger partial charge in [0, 0.05) is 0 Å². The molecule has 3 rings (SSSR count). The minimum absolute atomic E-state index is 0.0559. The zero-order valence-corrected chi connectivity index (χ0v) is 16.7. The van der Waals surface area contributed by atoms with Gasteiger partial charge in [-0.15, -0.1) is 0 Å². The van der Waals surface area contributed by atoms with E-state index in [1.54, 1.807) is 0 Å². The Bertz CT molecular complexity index is 926. The maximum atomic E-state index is 12.5. The minimum atomic E-state index is -0.167. The van der Waals surface area contributed by atoms with Crippen LogP contribution in [0.25, 0.3) is 0 Å². The van der Waals surface area contributed by atoms with Crippen molar-refractivity contribution >= 4 is 17.3 Å². The minimum Gasteiger partial charge on any atom is -0.489 e. The average molecular weight is 390 g/mol. The number of carbonyl (C=O) groups is 1. The predicted molar refractivity (Wildman–Crippen MR) is 117 cm³/mol. The molecule has 150 valence electrons. The normalized spacial score (nSPS) is 10.4. The molecule has 1 amide bonds.